The smallest absolute Gasteiger partial charge is 0.253 e. The van der Waals surface area contributed by atoms with Gasteiger partial charge in [-0.1, -0.05) is 13.8 Å². The second kappa shape index (κ2) is 12.3. The highest BCUT2D eigenvalue weighted by Gasteiger charge is 2.23. The molecule has 1 rings (SSSR count). The molecule has 134 valence electrons. The van der Waals surface area contributed by atoms with Crippen molar-refractivity contribution in [3.05, 3.63) is 12.2 Å². The number of carbonyl (C=O) groups is 4. The van der Waals surface area contributed by atoms with Gasteiger partial charge in [0.05, 0.1) is 13.2 Å². The van der Waals surface area contributed by atoms with Gasteiger partial charge in [0, 0.05) is 48.0 Å². The van der Waals surface area contributed by atoms with Crippen LogP contribution in [0.3, 0.4) is 0 Å². The molecule has 0 spiro atoms. The van der Waals surface area contributed by atoms with E-state index < -0.39 is 11.8 Å². The Morgan fingerprint density at radius 1 is 1.09 bits per heavy atom. The molecular formula is C15H29N3O5. The summed E-state index contributed by atoms with van der Waals surface area (Å²) < 4.78 is 5.19. The fourth-order valence-electron chi connectivity index (χ4n) is 1.62. The molecule has 0 aromatic carbocycles. The average Bonchev–Trinajstić information content (AvgIpc) is 2.84. The van der Waals surface area contributed by atoms with Gasteiger partial charge in [-0.25, -0.2) is 0 Å². The summed E-state index contributed by atoms with van der Waals surface area (Å²) in [6, 6.07) is 0. The first-order valence-electron chi connectivity index (χ1n) is 7.63. The Bertz CT molecular complexity index is 440. The highest BCUT2D eigenvalue weighted by atomic mass is 16.5. The normalized spacial score (nSPS) is 12.7. The highest BCUT2D eigenvalue weighted by molar-refractivity contribution is 6.13. The molecule has 0 fully saturated rings. The van der Waals surface area contributed by atoms with E-state index in [1.54, 1.807) is 0 Å². The zero-order valence-electron chi connectivity index (χ0n) is 13.9. The van der Waals surface area contributed by atoms with E-state index in [0.717, 1.165) is 4.90 Å². The number of imide groups is 1. The molecule has 1 aliphatic rings. The maximum Gasteiger partial charge on any atom is 0.253 e. The van der Waals surface area contributed by atoms with Gasteiger partial charge in [0.2, 0.25) is 11.8 Å². The van der Waals surface area contributed by atoms with Crippen molar-refractivity contribution in [2.24, 2.45) is 0 Å². The molecule has 1 heterocycles. The highest BCUT2D eigenvalue weighted by Crippen LogP contribution is 2.03. The summed E-state index contributed by atoms with van der Waals surface area (Å²) in [5.41, 5.74) is 0. The SMILES string of the molecule is CC.CC(=O)NCCOCCNC(=O)CCN1C(=O)C=CC1=O.[HH].[HH]. The van der Waals surface area contributed by atoms with Gasteiger partial charge < -0.3 is 15.4 Å². The molecule has 0 unspecified atom stereocenters. The predicted molar refractivity (Wildman–Crippen MR) is 88.6 cm³/mol. The summed E-state index contributed by atoms with van der Waals surface area (Å²) in [5, 5.41) is 5.19. The Morgan fingerprint density at radius 3 is 2.13 bits per heavy atom. The molecule has 0 atom stereocenters. The Hall–Kier alpha value is -2.22. The third-order valence-electron chi connectivity index (χ3n) is 2.65. The number of amides is 4. The average molecular weight is 331 g/mol. The molecule has 2 N–H and O–H groups in total. The lowest BCUT2D eigenvalue weighted by Gasteiger charge is -2.13. The number of ether oxygens (including phenoxy) is 1. The molecule has 0 aromatic heterocycles. The summed E-state index contributed by atoms with van der Waals surface area (Å²) in [6.07, 6.45) is 2.43. The minimum Gasteiger partial charge on any atom is -0.378 e. The van der Waals surface area contributed by atoms with E-state index in [2.05, 4.69) is 10.6 Å². The molecule has 0 saturated heterocycles. The minimum absolute atomic E-state index is 0. The van der Waals surface area contributed by atoms with E-state index in [1.807, 2.05) is 13.8 Å². The first-order valence-corrected chi connectivity index (χ1v) is 7.63. The number of carbonyl (C=O) groups excluding carboxylic acids is 4. The van der Waals surface area contributed by atoms with E-state index in [0.29, 0.717) is 26.3 Å². The van der Waals surface area contributed by atoms with Crippen molar-refractivity contribution >= 4 is 23.6 Å². The number of rotatable bonds is 9. The van der Waals surface area contributed by atoms with Gasteiger partial charge in [-0.05, 0) is 0 Å². The van der Waals surface area contributed by atoms with Crippen molar-refractivity contribution in [2.75, 3.05) is 32.8 Å². The maximum absolute atomic E-state index is 11.5. The van der Waals surface area contributed by atoms with Gasteiger partial charge in [-0.15, -0.1) is 0 Å². The van der Waals surface area contributed by atoms with Crippen molar-refractivity contribution in [1.82, 2.24) is 15.5 Å². The summed E-state index contributed by atoms with van der Waals surface area (Å²) in [7, 11) is 0. The van der Waals surface area contributed by atoms with Gasteiger partial charge in [0.1, 0.15) is 0 Å². The van der Waals surface area contributed by atoms with Crippen LogP contribution in [0.15, 0.2) is 12.2 Å². The second-order valence-electron chi connectivity index (χ2n) is 4.36. The van der Waals surface area contributed by atoms with Crippen LogP contribution in [0.5, 0.6) is 0 Å². The summed E-state index contributed by atoms with van der Waals surface area (Å²) in [4.78, 5) is 45.6. The molecule has 0 saturated carbocycles. The Labute approximate surface area is 139 Å². The maximum atomic E-state index is 11.5. The lowest BCUT2D eigenvalue weighted by atomic mass is 10.3. The minimum atomic E-state index is -0.394. The largest absolute Gasteiger partial charge is 0.378 e. The topological polar surface area (TPSA) is 105 Å². The first-order chi connectivity index (χ1) is 11.0. The van der Waals surface area contributed by atoms with Crippen molar-refractivity contribution in [1.29, 1.82) is 0 Å². The fourth-order valence-corrected chi connectivity index (χ4v) is 1.62. The lowest BCUT2D eigenvalue weighted by Crippen LogP contribution is -2.35. The van der Waals surface area contributed by atoms with Crippen LogP contribution < -0.4 is 10.6 Å². The van der Waals surface area contributed by atoms with Crippen LogP contribution in [0.25, 0.3) is 0 Å². The third-order valence-corrected chi connectivity index (χ3v) is 2.65. The predicted octanol–water partition coefficient (Wildman–Crippen LogP) is 0.0886. The molecule has 0 aliphatic carbocycles. The summed E-state index contributed by atoms with van der Waals surface area (Å²) >= 11 is 0. The Balaban J connectivity index is -0.00000116. The van der Waals surface area contributed by atoms with Crippen LogP contribution in [-0.4, -0.2) is 61.4 Å². The van der Waals surface area contributed by atoms with Gasteiger partial charge >= 0.3 is 0 Å². The van der Waals surface area contributed by atoms with Crippen LogP contribution in [0.1, 0.15) is 30.0 Å². The lowest BCUT2D eigenvalue weighted by molar-refractivity contribution is -0.137. The molecule has 8 heteroatoms. The molecule has 4 amide bonds. The second-order valence-corrected chi connectivity index (χ2v) is 4.36. The summed E-state index contributed by atoms with van der Waals surface area (Å²) in [5.74, 6) is -1.16. The Kier molecular flexibility index (Phi) is 11.1. The Morgan fingerprint density at radius 2 is 1.61 bits per heavy atom. The molecule has 23 heavy (non-hydrogen) atoms. The number of hydrogen-bond donors (Lipinski definition) is 2. The van der Waals surface area contributed by atoms with Crippen molar-refractivity contribution in [2.45, 2.75) is 27.2 Å². The molecule has 0 bridgehead atoms. The first kappa shape index (κ1) is 20.8. The molecule has 8 nitrogen and oxygen atoms in total. The van der Waals surface area contributed by atoms with Crippen LogP contribution in [-0.2, 0) is 23.9 Å². The van der Waals surface area contributed by atoms with Gasteiger partial charge in [-0.2, -0.15) is 0 Å². The standard InChI is InChI=1S/C13H19N3O5.C2H6.2H2/c1-10(17)14-5-8-21-9-6-15-11(18)4-7-16-12(19)2-3-13(16)20;1-2;;/h2-3H,4-9H2,1H3,(H,14,17)(H,15,18);1-2H3;2*1H. The summed E-state index contributed by atoms with van der Waals surface area (Å²) in [6.45, 7) is 6.95. The van der Waals surface area contributed by atoms with E-state index >= 15 is 0 Å². The molecule has 1 aliphatic heterocycles. The van der Waals surface area contributed by atoms with E-state index in [-0.39, 0.29) is 27.6 Å². The quantitative estimate of drug-likeness (QED) is 0.460. The number of nitrogens with zero attached hydrogens (tertiary/aromatic N) is 1. The monoisotopic (exact) mass is 331 g/mol. The van der Waals surface area contributed by atoms with Gasteiger partial charge in [0.25, 0.3) is 11.8 Å². The van der Waals surface area contributed by atoms with Gasteiger partial charge in [0.15, 0.2) is 0 Å². The van der Waals surface area contributed by atoms with Crippen molar-refractivity contribution in [3.63, 3.8) is 0 Å². The van der Waals surface area contributed by atoms with Crippen molar-refractivity contribution in [3.8, 4) is 0 Å². The zero-order valence-corrected chi connectivity index (χ0v) is 13.9. The van der Waals surface area contributed by atoms with Crippen LogP contribution in [0, 0.1) is 0 Å². The molecule has 0 aromatic rings. The third kappa shape index (κ3) is 9.41. The van der Waals surface area contributed by atoms with Crippen LogP contribution in [0.2, 0.25) is 0 Å². The van der Waals surface area contributed by atoms with E-state index in [4.69, 9.17) is 4.74 Å². The van der Waals surface area contributed by atoms with E-state index in [1.165, 1.54) is 19.1 Å². The van der Waals surface area contributed by atoms with E-state index in [9.17, 15) is 19.2 Å². The number of nitrogens with one attached hydrogen (secondary N) is 2. The zero-order chi connectivity index (χ0) is 17.7. The van der Waals surface area contributed by atoms with Crippen LogP contribution >= 0.6 is 0 Å². The molecular weight excluding hydrogens is 302 g/mol. The fraction of sp³-hybridized carbons (Fsp3) is 0.600. The van der Waals surface area contributed by atoms with Crippen LogP contribution in [0.4, 0.5) is 0 Å². The molecule has 0 radical (unpaired) electrons. The van der Waals surface area contributed by atoms with Gasteiger partial charge in [-0.3, -0.25) is 24.1 Å². The van der Waals surface area contributed by atoms with Crippen molar-refractivity contribution < 1.29 is 26.8 Å². The number of hydrogen-bond acceptors (Lipinski definition) is 5.